The van der Waals surface area contributed by atoms with Crippen molar-refractivity contribution in [1.29, 1.82) is 0 Å². The molecule has 2 aliphatic carbocycles. The fourth-order valence-corrected chi connectivity index (χ4v) is 8.15. The van der Waals surface area contributed by atoms with Crippen molar-refractivity contribution < 1.29 is 22.7 Å². The molecule has 224 valence electrons. The van der Waals surface area contributed by atoms with E-state index >= 15 is 0 Å². The van der Waals surface area contributed by atoms with Gasteiger partial charge in [0, 0.05) is 59.6 Å². The molecular formula is C33H41N3O5S. The lowest BCUT2D eigenvalue weighted by Crippen LogP contribution is -2.41. The van der Waals surface area contributed by atoms with Crippen molar-refractivity contribution in [1.82, 2.24) is 13.6 Å². The van der Waals surface area contributed by atoms with Crippen molar-refractivity contribution in [2.24, 2.45) is 5.92 Å². The highest BCUT2D eigenvalue weighted by Gasteiger charge is 2.36. The molecule has 9 heteroatoms. The summed E-state index contributed by atoms with van der Waals surface area (Å²) in [5.74, 6) is 0.695. The van der Waals surface area contributed by atoms with Crippen LogP contribution >= 0.6 is 0 Å². The first-order valence-corrected chi connectivity index (χ1v) is 16.8. The molecule has 2 aromatic rings. The first-order valence-electron chi connectivity index (χ1n) is 15.4. The minimum absolute atomic E-state index is 0.0224. The third kappa shape index (κ3) is 5.49. The monoisotopic (exact) mass is 591 g/mol. The van der Waals surface area contributed by atoms with Gasteiger partial charge in [-0.1, -0.05) is 50.3 Å². The Morgan fingerprint density at radius 3 is 2.52 bits per heavy atom. The molecule has 2 aliphatic heterocycles. The van der Waals surface area contributed by atoms with E-state index in [-0.39, 0.29) is 23.2 Å². The number of amides is 1. The van der Waals surface area contributed by atoms with Crippen LogP contribution in [0.1, 0.15) is 97.7 Å². The molecule has 4 bridgehead atoms. The zero-order valence-corrected chi connectivity index (χ0v) is 25.4. The Morgan fingerprint density at radius 1 is 0.976 bits per heavy atom. The largest absolute Gasteiger partial charge is 0.497 e. The predicted octanol–water partition coefficient (Wildman–Crippen LogP) is 5.87. The third-order valence-corrected chi connectivity index (χ3v) is 11.0. The van der Waals surface area contributed by atoms with E-state index in [4.69, 9.17) is 4.74 Å². The fraction of sp³-hybridized carbons (Fsp3) is 0.515. The van der Waals surface area contributed by atoms with Crippen molar-refractivity contribution in [2.75, 3.05) is 20.7 Å². The summed E-state index contributed by atoms with van der Waals surface area (Å²) in [4.78, 5) is 27.1. The number of fused-ring (bicyclic) bond motifs is 4. The van der Waals surface area contributed by atoms with Crippen molar-refractivity contribution in [3.8, 4) is 0 Å². The Kier molecular flexibility index (Phi) is 8.16. The van der Waals surface area contributed by atoms with Gasteiger partial charge in [0.1, 0.15) is 5.76 Å². The number of carbonyl (C=O) groups is 2. The number of rotatable bonds is 2. The molecule has 3 heterocycles. The summed E-state index contributed by atoms with van der Waals surface area (Å²) in [6, 6.07) is 5.55. The van der Waals surface area contributed by atoms with E-state index in [0.29, 0.717) is 31.8 Å². The summed E-state index contributed by atoms with van der Waals surface area (Å²) in [5, 5.41) is 1.09. The van der Waals surface area contributed by atoms with Gasteiger partial charge in [-0.15, -0.1) is 0 Å². The zero-order valence-electron chi connectivity index (χ0n) is 24.6. The highest BCUT2D eigenvalue weighted by atomic mass is 32.2. The predicted molar refractivity (Wildman–Crippen MR) is 163 cm³/mol. The molecule has 42 heavy (non-hydrogen) atoms. The van der Waals surface area contributed by atoms with Gasteiger partial charge in [0.05, 0.1) is 13.7 Å². The maximum atomic E-state index is 13.7. The SMILES string of the molecule is COC1=CC2C=C3Cn4c(c(C5CCCCC5)c5ccc(cc54)C(=O)NS(=O)(=O)N(C)CCCCCCC3=O)C2C=C1. The van der Waals surface area contributed by atoms with Crippen molar-refractivity contribution >= 4 is 32.8 Å². The lowest BCUT2D eigenvalue weighted by Gasteiger charge is -2.28. The molecule has 1 amide bonds. The van der Waals surface area contributed by atoms with Crippen LogP contribution in [0.2, 0.25) is 0 Å². The van der Waals surface area contributed by atoms with Crippen LogP contribution in [-0.2, 0) is 26.3 Å². The Morgan fingerprint density at radius 2 is 1.74 bits per heavy atom. The van der Waals surface area contributed by atoms with E-state index in [1.807, 2.05) is 18.2 Å². The topological polar surface area (TPSA) is 97.7 Å². The maximum absolute atomic E-state index is 13.7. The molecule has 0 saturated heterocycles. The van der Waals surface area contributed by atoms with Gasteiger partial charge in [-0.25, -0.2) is 4.72 Å². The van der Waals surface area contributed by atoms with Crippen LogP contribution in [0.25, 0.3) is 10.9 Å². The van der Waals surface area contributed by atoms with E-state index in [1.54, 1.807) is 13.2 Å². The minimum atomic E-state index is -3.98. The van der Waals surface area contributed by atoms with Gasteiger partial charge in [-0.2, -0.15) is 12.7 Å². The number of ether oxygens (including phenoxy) is 1. The second-order valence-corrected chi connectivity index (χ2v) is 14.0. The van der Waals surface area contributed by atoms with E-state index in [2.05, 4.69) is 27.5 Å². The molecule has 1 fully saturated rings. The lowest BCUT2D eigenvalue weighted by atomic mass is 9.77. The van der Waals surface area contributed by atoms with Gasteiger partial charge in [0.2, 0.25) is 0 Å². The molecule has 8 nitrogen and oxygen atoms in total. The minimum Gasteiger partial charge on any atom is -0.497 e. The summed E-state index contributed by atoms with van der Waals surface area (Å²) in [6.45, 7) is 0.739. The molecule has 0 spiro atoms. The summed E-state index contributed by atoms with van der Waals surface area (Å²) >= 11 is 0. The molecule has 0 radical (unpaired) electrons. The van der Waals surface area contributed by atoms with Crippen molar-refractivity contribution in [3.05, 3.63) is 70.7 Å². The number of benzene rings is 1. The Labute approximate surface area is 248 Å². The third-order valence-electron chi connectivity index (χ3n) is 9.55. The van der Waals surface area contributed by atoms with E-state index in [1.165, 1.54) is 41.9 Å². The number of ketones is 1. The Bertz CT molecular complexity index is 1590. The number of hydrogen-bond acceptors (Lipinski definition) is 5. The van der Waals surface area contributed by atoms with Gasteiger partial charge >= 0.3 is 10.2 Å². The summed E-state index contributed by atoms with van der Waals surface area (Å²) in [5.41, 5.74) is 4.47. The van der Waals surface area contributed by atoms with Crippen LogP contribution in [0.3, 0.4) is 0 Å². The highest BCUT2D eigenvalue weighted by Crippen LogP contribution is 2.48. The molecule has 1 aromatic carbocycles. The van der Waals surface area contributed by atoms with Gasteiger partial charge in [-0.3, -0.25) is 9.59 Å². The number of carbonyl (C=O) groups excluding carboxylic acids is 2. The molecular weight excluding hydrogens is 550 g/mol. The number of Topliss-reactive ketones (excluding diaryl/α,β-unsaturated/α-hetero) is 1. The quantitative estimate of drug-likeness (QED) is 0.471. The normalized spacial score (nSPS) is 25.9. The molecule has 6 rings (SSSR count). The van der Waals surface area contributed by atoms with Gasteiger partial charge in [0.15, 0.2) is 5.78 Å². The van der Waals surface area contributed by atoms with Crippen LogP contribution in [0.5, 0.6) is 0 Å². The summed E-state index contributed by atoms with van der Waals surface area (Å²) in [6.07, 6.45) is 17.8. The lowest BCUT2D eigenvalue weighted by molar-refractivity contribution is -0.115. The number of aromatic nitrogens is 1. The van der Waals surface area contributed by atoms with E-state index < -0.39 is 16.1 Å². The van der Waals surface area contributed by atoms with Crippen LogP contribution in [-0.4, -0.2) is 49.7 Å². The molecule has 2 atom stereocenters. The van der Waals surface area contributed by atoms with Crippen LogP contribution in [0.15, 0.2) is 53.8 Å². The molecule has 1 saturated carbocycles. The fourth-order valence-electron chi connectivity index (χ4n) is 7.27. The molecule has 1 N–H and O–H groups in total. The average molecular weight is 592 g/mol. The molecule has 1 aromatic heterocycles. The maximum Gasteiger partial charge on any atom is 0.303 e. The average Bonchev–Trinajstić information content (AvgIpc) is 3.20. The number of nitrogens with zero attached hydrogens (tertiary/aromatic N) is 2. The van der Waals surface area contributed by atoms with Crippen molar-refractivity contribution in [3.63, 3.8) is 0 Å². The zero-order chi connectivity index (χ0) is 29.4. The Balaban J connectivity index is 1.55. The van der Waals surface area contributed by atoms with Crippen LogP contribution < -0.4 is 4.72 Å². The van der Waals surface area contributed by atoms with Crippen LogP contribution in [0.4, 0.5) is 0 Å². The standard InChI is InChI=1S/C33H41N3O5S/c1-35-17-9-4-3-8-12-30(37)25-18-24-19-26(41-2)14-16-27(24)32-31(22-10-6-5-7-11-22)28-15-13-23(20-29(28)36(32)21-25)33(38)34-42(35,39)40/h13-16,18-20,22,24,27H,3-12,17,21H2,1-2H3,(H,34,38). The smallest absolute Gasteiger partial charge is 0.303 e. The number of hydrogen-bond donors (Lipinski definition) is 1. The number of allylic oxidation sites excluding steroid dienone is 5. The molecule has 4 aliphatic rings. The first kappa shape index (κ1) is 28.9. The number of methoxy groups -OCH3 is 1. The summed E-state index contributed by atoms with van der Waals surface area (Å²) in [7, 11) is -0.812. The van der Waals surface area contributed by atoms with Crippen molar-refractivity contribution in [2.45, 2.75) is 82.6 Å². The summed E-state index contributed by atoms with van der Waals surface area (Å²) < 4.78 is 37.3. The highest BCUT2D eigenvalue weighted by molar-refractivity contribution is 7.87. The van der Waals surface area contributed by atoms with Gasteiger partial charge in [-0.05, 0) is 61.4 Å². The second kappa shape index (κ2) is 11.8. The van der Waals surface area contributed by atoms with E-state index in [0.717, 1.165) is 54.3 Å². The Hall–Kier alpha value is -3.17. The van der Waals surface area contributed by atoms with Gasteiger partial charge in [0.25, 0.3) is 5.91 Å². The van der Waals surface area contributed by atoms with E-state index in [9.17, 15) is 18.0 Å². The first-order chi connectivity index (χ1) is 20.3. The number of nitrogens with one attached hydrogen (secondary N) is 1. The van der Waals surface area contributed by atoms with Gasteiger partial charge < -0.3 is 9.30 Å². The molecule has 2 unspecified atom stereocenters. The van der Waals surface area contributed by atoms with Crippen LogP contribution in [0, 0.1) is 5.92 Å². The second-order valence-electron chi connectivity index (χ2n) is 12.2.